The van der Waals surface area contributed by atoms with Crippen molar-refractivity contribution in [3.8, 4) is 0 Å². The average molecular weight is 827 g/mol. The molecule has 0 aromatic rings. The van der Waals surface area contributed by atoms with Gasteiger partial charge in [-0.15, -0.1) is 0 Å². The molecule has 16 nitrogen and oxygen atoms in total. The van der Waals surface area contributed by atoms with Crippen molar-refractivity contribution in [2.24, 2.45) is 23.7 Å². The van der Waals surface area contributed by atoms with Crippen molar-refractivity contribution in [2.75, 3.05) is 47.2 Å². The minimum atomic E-state index is -1.67. The van der Waals surface area contributed by atoms with Crippen LogP contribution in [0, 0.1) is 23.7 Å². The van der Waals surface area contributed by atoms with Gasteiger partial charge in [0.15, 0.2) is 11.9 Å². The predicted molar refractivity (Wildman–Crippen MR) is 225 cm³/mol. The Morgan fingerprint density at radius 1 is 0.702 bits per heavy atom. The smallest absolute Gasteiger partial charge is 0.318 e. The number of aldehydes is 1. The van der Waals surface area contributed by atoms with E-state index in [9.17, 15) is 38.4 Å². The van der Waals surface area contributed by atoms with Crippen LogP contribution in [0.15, 0.2) is 0 Å². The highest BCUT2D eigenvalue weighted by Crippen LogP contribution is 2.25. The molecule has 0 aliphatic heterocycles. The summed E-state index contributed by atoms with van der Waals surface area (Å²) in [6.07, 6.45) is 4.03. The van der Waals surface area contributed by atoms with E-state index in [1.165, 1.54) is 66.5 Å². The highest BCUT2D eigenvalue weighted by atomic mass is 32.2. The maximum atomic E-state index is 14.5. The van der Waals surface area contributed by atoms with Crippen LogP contribution in [0.2, 0.25) is 0 Å². The molecular weight excluding hydrogens is 753 g/mol. The third-order valence-electron chi connectivity index (χ3n) is 9.94. The van der Waals surface area contributed by atoms with Gasteiger partial charge in [0.2, 0.25) is 35.4 Å². The minimum Gasteiger partial charge on any atom is -0.357 e. The zero-order chi connectivity index (χ0) is 44.5. The fourth-order valence-corrected chi connectivity index (χ4v) is 7.15. The van der Waals surface area contributed by atoms with Crippen molar-refractivity contribution >= 4 is 59.5 Å². The van der Waals surface area contributed by atoms with Gasteiger partial charge in [-0.05, 0) is 62.5 Å². The number of likely N-dealkylation sites (N-methyl/N-ethyl adjacent to an activating group) is 5. The zero-order valence-electron chi connectivity index (χ0n) is 37.5. The second kappa shape index (κ2) is 24.9. The van der Waals surface area contributed by atoms with E-state index in [-0.39, 0.29) is 48.8 Å². The molecule has 0 bridgehead atoms. The number of nitrogens with one attached hydrogen (secondary N) is 4. The number of urea groups is 1. The quantitative estimate of drug-likeness (QED) is 0.0830. The summed E-state index contributed by atoms with van der Waals surface area (Å²) >= 11 is 1.39. The topological polar surface area (TPSA) is 198 Å². The summed E-state index contributed by atoms with van der Waals surface area (Å²) in [5.41, 5.74) is -1.67. The first-order valence-corrected chi connectivity index (χ1v) is 21.4. The van der Waals surface area contributed by atoms with Crippen molar-refractivity contribution in [3.05, 3.63) is 0 Å². The Morgan fingerprint density at radius 3 is 1.65 bits per heavy atom. The third kappa shape index (κ3) is 15.9. The Kier molecular flexibility index (Phi) is 23.3. The predicted octanol–water partition coefficient (Wildman–Crippen LogP) is 2.70. The number of thioether (sulfide) groups is 1. The highest BCUT2D eigenvalue weighted by molar-refractivity contribution is 7.98. The van der Waals surface area contributed by atoms with Crippen LogP contribution in [-0.4, -0.2) is 150 Å². The molecule has 0 aliphatic carbocycles. The lowest BCUT2D eigenvalue weighted by atomic mass is 9.92. The Hall–Kier alpha value is -3.73. The molecule has 0 aliphatic rings. The van der Waals surface area contributed by atoms with Crippen molar-refractivity contribution in [2.45, 2.75) is 137 Å². The molecule has 0 saturated heterocycles. The van der Waals surface area contributed by atoms with Gasteiger partial charge in [0.1, 0.15) is 24.2 Å². The summed E-state index contributed by atoms with van der Waals surface area (Å²) < 4.78 is 0. The molecule has 8 amide bonds. The van der Waals surface area contributed by atoms with Crippen LogP contribution in [0.1, 0.15) is 101 Å². The number of amides is 8. The number of rotatable bonds is 24. The van der Waals surface area contributed by atoms with E-state index in [1.54, 1.807) is 20.9 Å². The van der Waals surface area contributed by atoms with E-state index in [2.05, 4.69) is 21.3 Å². The number of carbonyl (C=O) groups is 8. The zero-order valence-corrected chi connectivity index (χ0v) is 38.3. The van der Waals surface area contributed by atoms with E-state index in [0.717, 1.165) is 0 Å². The minimum absolute atomic E-state index is 0.0931. The molecular formula is C40H74N8O8S. The van der Waals surface area contributed by atoms with E-state index >= 15 is 0 Å². The largest absolute Gasteiger partial charge is 0.357 e. The summed E-state index contributed by atoms with van der Waals surface area (Å²) in [4.78, 5) is 113. The lowest BCUT2D eigenvalue weighted by molar-refractivity contribution is -0.153. The van der Waals surface area contributed by atoms with Gasteiger partial charge in [0, 0.05) is 47.4 Å². The first-order chi connectivity index (χ1) is 26.4. The SMILES string of the molecule is CCCC(=O)N(C)[C@H](CSC)C(=O)N(C)[C@](C=O)(CC(C)C)N[C@@H](C(=O)N(C)[C@@H](CC(C)C)C(=O)NC(=O)C(C)NC(=O)N(C)[C@@H](CC(C)C)C(=O)NC)C(C)C. The number of imide groups is 1. The normalized spacial score (nSPS) is 15.2. The lowest BCUT2D eigenvalue weighted by Gasteiger charge is -2.45. The lowest BCUT2D eigenvalue weighted by Crippen LogP contribution is -2.69. The number of hydrogen-bond acceptors (Lipinski definition) is 10. The Morgan fingerprint density at radius 2 is 1.23 bits per heavy atom. The first kappa shape index (κ1) is 53.3. The molecule has 328 valence electrons. The van der Waals surface area contributed by atoms with E-state index in [4.69, 9.17) is 0 Å². The van der Waals surface area contributed by atoms with Crippen LogP contribution in [-0.2, 0) is 33.6 Å². The van der Waals surface area contributed by atoms with Gasteiger partial charge in [0.25, 0.3) is 0 Å². The monoisotopic (exact) mass is 827 g/mol. The maximum absolute atomic E-state index is 14.5. The molecule has 1 unspecified atom stereocenters. The van der Waals surface area contributed by atoms with Crippen molar-refractivity contribution in [1.29, 1.82) is 0 Å². The second-order valence-electron chi connectivity index (χ2n) is 16.6. The number of hydrogen-bond donors (Lipinski definition) is 4. The van der Waals surface area contributed by atoms with Crippen LogP contribution < -0.4 is 21.3 Å². The average Bonchev–Trinajstić information content (AvgIpc) is 3.13. The van der Waals surface area contributed by atoms with Gasteiger partial charge in [-0.2, -0.15) is 11.8 Å². The summed E-state index contributed by atoms with van der Waals surface area (Å²) in [6, 6.07) is -5.71. The first-order valence-electron chi connectivity index (χ1n) is 20.0. The third-order valence-corrected chi connectivity index (χ3v) is 10.6. The fraction of sp³-hybridized carbons (Fsp3) is 0.800. The Balaban J connectivity index is 6.59. The molecule has 57 heavy (non-hydrogen) atoms. The van der Waals surface area contributed by atoms with Crippen molar-refractivity contribution in [1.82, 2.24) is 40.9 Å². The van der Waals surface area contributed by atoms with E-state index in [0.29, 0.717) is 24.9 Å². The summed E-state index contributed by atoms with van der Waals surface area (Å²) in [6.45, 7) is 18.2. The molecule has 0 fully saturated rings. The standard InChI is InChI=1S/C40H74N8O8S/c1-17-18-32(50)45(12)31(22-57-16)37(54)48(15)40(23-49,21-26(6)7)44-33(27(8)9)38(55)46(13)30(20-25(4)5)36(53)43-34(51)28(10)42-39(56)47(14)29(19-24(2)3)35(52)41-11/h23-31,33,44H,17-22H2,1-16H3,(H,41,52)(H,42,56)(H,43,51,53)/t28?,29-,30-,31+,33+,40-/m0/s1. The second-order valence-corrected chi connectivity index (χ2v) is 17.5. The van der Waals surface area contributed by atoms with E-state index in [1.807, 2.05) is 54.7 Å². The Labute approximate surface area is 346 Å². The summed E-state index contributed by atoms with van der Waals surface area (Å²) in [5.74, 6) is -3.39. The molecule has 17 heteroatoms. The van der Waals surface area contributed by atoms with Crippen molar-refractivity contribution < 1.29 is 38.4 Å². The molecule has 0 spiro atoms. The number of nitrogens with zero attached hydrogens (tertiary/aromatic N) is 4. The van der Waals surface area contributed by atoms with E-state index < -0.39 is 71.4 Å². The van der Waals surface area contributed by atoms with Crippen LogP contribution in [0.4, 0.5) is 4.79 Å². The maximum Gasteiger partial charge on any atom is 0.318 e. The summed E-state index contributed by atoms with van der Waals surface area (Å²) in [5, 5.41) is 10.7. The van der Waals surface area contributed by atoms with Gasteiger partial charge in [-0.3, -0.25) is 44.2 Å². The molecule has 0 rings (SSSR count). The van der Waals surface area contributed by atoms with Gasteiger partial charge in [-0.25, -0.2) is 4.79 Å². The van der Waals surface area contributed by atoms with Crippen LogP contribution in [0.3, 0.4) is 0 Å². The van der Waals surface area contributed by atoms with Crippen LogP contribution in [0.5, 0.6) is 0 Å². The number of carbonyl (C=O) groups excluding carboxylic acids is 8. The van der Waals surface area contributed by atoms with Gasteiger partial charge in [0.05, 0.1) is 6.04 Å². The molecule has 0 aromatic carbocycles. The molecule has 0 aromatic heterocycles. The molecule has 0 saturated carbocycles. The molecule has 0 heterocycles. The summed E-state index contributed by atoms with van der Waals surface area (Å²) in [7, 11) is 7.45. The van der Waals surface area contributed by atoms with Crippen LogP contribution in [0.25, 0.3) is 0 Å². The van der Waals surface area contributed by atoms with Crippen LogP contribution >= 0.6 is 11.8 Å². The fourth-order valence-electron chi connectivity index (χ4n) is 6.47. The van der Waals surface area contributed by atoms with Gasteiger partial charge in [-0.1, -0.05) is 62.3 Å². The van der Waals surface area contributed by atoms with Gasteiger partial charge >= 0.3 is 6.03 Å². The highest BCUT2D eigenvalue weighted by Gasteiger charge is 2.46. The van der Waals surface area contributed by atoms with Gasteiger partial charge < -0.3 is 30.2 Å². The van der Waals surface area contributed by atoms with Crippen molar-refractivity contribution in [3.63, 3.8) is 0 Å². The molecule has 0 radical (unpaired) electrons. The molecule has 6 atom stereocenters. The molecule has 4 N–H and O–H groups in total. The Bertz CT molecular complexity index is 1380.